The first-order chi connectivity index (χ1) is 9.56. The van der Waals surface area contributed by atoms with Crippen molar-refractivity contribution in [1.29, 1.82) is 0 Å². The molecular weight excluding hydrogens is 346 g/mol. The van der Waals surface area contributed by atoms with Crippen molar-refractivity contribution in [2.45, 2.75) is 13.3 Å². The van der Waals surface area contributed by atoms with Crippen molar-refractivity contribution in [3.05, 3.63) is 28.2 Å². The molecule has 0 radical (unpaired) electrons. The van der Waals surface area contributed by atoms with Gasteiger partial charge in [0.2, 0.25) is 5.91 Å². The van der Waals surface area contributed by atoms with Gasteiger partial charge in [0.1, 0.15) is 0 Å². The molecule has 1 aromatic rings. The maximum Gasteiger partial charge on any atom is 0.340 e. The van der Waals surface area contributed by atoms with Crippen LogP contribution in [-0.4, -0.2) is 30.9 Å². The van der Waals surface area contributed by atoms with Crippen LogP contribution in [0.25, 0.3) is 0 Å². The average Bonchev–Trinajstić information content (AvgIpc) is 2.80. The molecule has 1 fully saturated rings. The van der Waals surface area contributed by atoms with Crippen LogP contribution in [0.4, 0.5) is 5.69 Å². The van der Waals surface area contributed by atoms with Gasteiger partial charge in [0.15, 0.2) is 0 Å². The molecule has 1 saturated heterocycles. The second-order valence-corrected chi connectivity index (χ2v) is 5.84. The molecule has 108 valence electrons. The summed E-state index contributed by atoms with van der Waals surface area (Å²) in [5.74, 6) is 0.130. The van der Waals surface area contributed by atoms with Gasteiger partial charge in [-0.25, -0.2) is 4.79 Å². The number of rotatable bonds is 4. The largest absolute Gasteiger partial charge is 0.462 e. The lowest BCUT2D eigenvalue weighted by atomic mass is 10.1. The zero-order valence-corrected chi connectivity index (χ0v) is 13.4. The Labute approximate surface area is 131 Å². The first kappa shape index (κ1) is 15.3. The van der Waals surface area contributed by atoms with E-state index in [9.17, 15) is 9.59 Å². The van der Waals surface area contributed by atoms with Crippen molar-refractivity contribution in [2.24, 2.45) is 5.92 Å². The number of nitrogens with zero attached hydrogens (tertiary/aromatic N) is 1. The van der Waals surface area contributed by atoms with Crippen molar-refractivity contribution in [2.75, 3.05) is 23.9 Å². The second-order valence-electron chi connectivity index (χ2n) is 4.61. The summed E-state index contributed by atoms with van der Waals surface area (Å²) in [6.45, 7) is 2.58. The number of halogens is 2. The quantitative estimate of drug-likeness (QED) is 0.612. The van der Waals surface area contributed by atoms with Crippen molar-refractivity contribution >= 4 is 45.1 Å². The lowest BCUT2D eigenvalue weighted by molar-refractivity contribution is -0.117. The van der Waals surface area contributed by atoms with Gasteiger partial charge in [-0.05, 0) is 31.0 Å². The van der Waals surface area contributed by atoms with E-state index in [-0.39, 0.29) is 11.8 Å². The van der Waals surface area contributed by atoms with Crippen LogP contribution in [0, 0.1) is 5.92 Å². The number of hydrogen-bond donors (Lipinski definition) is 0. The molecule has 0 saturated carbocycles. The Morgan fingerprint density at radius 1 is 1.55 bits per heavy atom. The molecule has 0 bridgehead atoms. The van der Waals surface area contributed by atoms with E-state index in [4.69, 9.17) is 16.3 Å². The molecule has 1 amide bonds. The third-order valence-corrected chi connectivity index (χ3v) is 4.10. The SMILES string of the molecule is CCOC(=O)c1cc(Br)ccc1N1CC(CCl)CC1=O. The predicted octanol–water partition coefficient (Wildman–Crippen LogP) is 3.22. The molecule has 20 heavy (non-hydrogen) atoms. The maximum absolute atomic E-state index is 12.1. The minimum Gasteiger partial charge on any atom is -0.462 e. The molecule has 1 aliphatic heterocycles. The van der Waals surface area contributed by atoms with Crippen LogP contribution in [0.5, 0.6) is 0 Å². The van der Waals surface area contributed by atoms with Crippen LogP contribution >= 0.6 is 27.5 Å². The zero-order chi connectivity index (χ0) is 14.7. The molecule has 1 aromatic carbocycles. The van der Waals surface area contributed by atoms with E-state index in [1.165, 1.54) is 0 Å². The van der Waals surface area contributed by atoms with Crippen LogP contribution in [0.1, 0.15) is 23.7 Å². The molecule has 4 nitrogen and oxygen atoms in total. The lowest BCUT2D eigenvalue weighted by Crippen LogP contribution is -2.27. The molecule has 1 atom stereocenters. The number of amides is 1. The highest BCUT2D eigenvalue weighted by molar-refractivity contribution is 9.10. The summed E-state index contributed by atoms with van der Waals surface area (Å²) in [5, 5.41) is 0. The number of ether oxygens (including phenoxy) is 1. The summed E-state index contributed by atoms with van der Waals surface area (Å²) in [4.78, 5) is 25.7. The fourth-order valence-electron chi connectivity index (χ4n) is 2.23. The van der Waals surface area contributed by atoms with Crippen LogP contribution in [0.2, 0.25) is 0 Å². The number of carbonyl (C=O) groups excluding carboxylic acids is 2. The molecule has 0 aromatic heterocycles. The predicted molar refractivity (Wildman–Crippen MR) is 81.3 cm³/mol. The van der Waals surface area contributed by atoms with Crippen LogP contribution in [-0.2, 0) is 9.53 Å². The number of esters is 1. The minimum absolute atomic E-state index is 0.0106. The summed E-state index contributed by atoms with van der Waals surface area (Å²) in [6, 6.07) is 5.23. The Bertz CT molecular complexity index is 535. The molecule has 0 spiro atoms. The first-order valence-corrected chi connectivity index (χ1v) is 7.72. The normalized spacial score (nSPS) is 18.4. The molecule has 1 heterocycles. The van der Waals surface area contributed by atoms with E-state index in [0.29, 0.717) is 36.7 Å². The smallest absolute Gasteiger partial charge is 0.340 e. The summed E-state index contributed by atoms with van der Waals surface area (Å²) in [7, 11) is 0. The number of benzene rings is 1. The summed E-state index contributed by atoms with van der Waals surface area (Å²) >= 11 is 9.16. The highest BCUT2D eigenvalue weighted by Gasteiger charge is 2.32. The third-order valence-electron chi connectivity index (χ3n) is 3.17. The van der Waals surface area contributed by atoms with Gasteiger partial charge in [-0.1, -0.05) is 15.9 Å². The average molecular weight is 361 g/mol. The van der Waals surface area contributed by atoms with Crippen molar-refractivity contribution in [3.8, 4) is 0 Å². The van der Waals surface area contributed by atoms with Gasteiger partial charge in [0.25, 0.3) is 0 Å². The number of anilines is 1. The van der Waals surface area contributed by atoms with Gasteiger partial charge in [-0.15, -0.1) is 11.6 Å². The van der Waals surface area contributed by atoms with E-state index >= 15 is 0 Å². The number of carbonyl (C=O) groups is 2. The Kier molecular flexibility index (Phi) is 5.05. The van der Waals surface area contributed by atoms with Gasteiger partial charge in [0, 0.05) is 23.3 Å². The van der Waals surface area contributed by atoms with Crippen molar-refractivity contribution < 1.29 is 14.3 Å². The standard InChI is InChI=1S/C14H15BrClNO3/c1-2-20-14(19)11-6-10(15)3-4-12(11)17-8-9(7-16)5-13(17)18/h3-4,6,9H,2,5,7-8H2,1H3. The van der Waals surface area contributed by atoms with E-state index < -0.39 is 5.97 Å². The fraction of sp³-hybridized carbons (Fsp3) is 0.429. The second kappa shape index (κ2) is 6.59. The monoisotopic (exact) mass is 359 g/mol. The summed E-state index contributed by atoms with van der Waals surface area (Å²) in [5.41, 5.74) is 0.981. The fourth-order valence-corrected chi connectivity index (χ4v) is 2.80. The highest BCUT2D eigenvalue weighted by atomic mass is 79.9. The molecule has 1 unspecified atom stereocenters. The van der Waals surface area contributed by atoms with E-state index in [1.54, 1.807) is 30.0 Å². The minimum atomic E-state index is -0.425. The zero-order valence-electron chi connectivity index (χ0n) is 11.1. The van der Waals surface area contributed by atoms with Gasteiger partial charge < -0.3 is 9.64 Å². The van der Waals surface area contributed by atoms with E-state index in [0.717, 1.165) is 4.47 Å². The van der Waals surface area contributed by atoms with Crippen LogP contribution in [0.15, 0.2) is 22.7 Å². The third kappa shape index (κ3) is 3.15. The van der Waals surface area contributed by atoms with Crippen molar-refractivity contribution in [3.63, 3.8) is 0 Å². The molecule has 1 aliphatic rings. The number of hydrogen-bond acceptors (Lipinski definition) is 3. The van der Waals surface area contributed by atoms with E-state index in [2.05, 4.69) is 15.9 Å². The topological polar surface area (TPSA) is 46.6 Å². The van der Waals surface area contributed by atoms with Crippen LogP contribution < -0.4 is 4.90 Å². The number of alkyl halides is 1. The molecule has 2 rings (SSSR count). The Morgan fingerprint density at radius 3 is 2.90 bits per heavy atom. The first-order valence-electron chi connectivity index (χ1n) is 6.39. The van der Waals surface area contributed by atoms with Gasteiger partial charge in [-0.3, -0.25) is 4.79 Å². The highest BCUT2D eigenvalue weighted by Crippen LogP contribution is 2.31. The lowest BCUT2D eigenvalue weighted by Gasteiger charge is -2.19. The molecular formula is C14H15BrClNO3. The Morgan fingerprint density at radius 2 is 2.30 bits per heavy atom. The van der Waals surface area contributed by atoms with Crippen molar-refractivity contribution in [1.82, 2.24) is 0 Å². The summed E-state index contributed by atoms with van der Waals surface area (Å²) in [6.07, 6.45) is 0.418. The molecule has 6 heteroatoms. The Hall–Kier alpha value is -1.07. The van der Waals surface area contributed by atoms with Gasteiger partial charge in [0.05, 0.1) is 17.9 Å². The molecule has 0 aliphatic carbocycles. The van der Waals surface area contributed by atoms with Gasteiger partial charge >= 0.3 is 5.97 Å². The maximum atomic E-state index is 12.1. The summed E-state index contributed by atoms with van der Waals surface area (Å²) < 4.78 is 5.82. The van der Waals surface area contributed by atoms with Crippen LogP contribution in [0.3, 0.4) is 0 Å². The Balaban J connectivity index is 2.36. The molecule has 0 N–H and O–H groups in total. The van der Waals surface area contributed by atoms with E-state index in [1.807, 2.05) is 0 Å². The van der Waals surface area contributed by atoms with Gasteiger partial charge in [-0.2, -0.15) is 0 Å².